The molecule has 1 aromatic rings. The van der Waals surface area contributed by atoms with Crippen LogP contribution in [0.25, 0.3) is 0 Å². The average molecular weight is 314 g/mol. The van der Waals surface area contributed by atoms with Gasteiger partial charge in [-0.05, 0) is 18.6 Å². The Labute approximate surface area is 117 Å². The van der Waals surface area contributed by atoms with Crippen molar-refractivity contribution >= 4 is 33.2 Å². The standard InChI is InChI=1S/C11H14Cl2FNO2S/c1-15(18(16,17)7-3-6-12)8-9-10(13)4-2-5-11(9)14/h2,4-5H,3,6-8H2,1H3. The molecule has 0 heterocycles. The molecule has 0 unspecified atom stereocenters. The highest BCUT2D eigenvalue weighted by Crippen LogP contribution is 2.21. The number of hydrogen-bond donors (Lipinski definition) is 0. The topological polar surface area (TPSA) is 37.4 Å². The van der Waals surface area contributed by atoms with Crippen molar-refractivity contribution in [2.24, 2.45) is 0 Å². The van der Waals surface area contributed by atoms with E-state index in [0.29, 0.717) is 6.42 Å². The maximum absolute atomic E-state index is 13.5. The van der Waals surface area contributed by atoms with E-state index in [-0.39, 0.29) is 28.8 Å². The fourth-order valence-corrected chi connectivity index (χ4v) is 3.06. The summed E-state index contributed by atoms with van der Waals surface area (Å²) in [6.07, 6.45) is 0.360. The Morgan fingerprint density at radius 1 is 1.39 bits per heavy atom. The number of benzene rings is 1. The third kappa shape index (κ3) is 4.09. The van der Waals surface area contributed by atoms with E-state index in [1.807, 2.05) is 0 Å². The highest BCUT2D eigenvalue weighted by molar-refractivity contribution is 7.89. The first-order valence-corrected chi connectivity index (χ1v) is 7.83. The molecular weight excluding hydrogens is 300 g/mol. The van der Waals surface area contributed by atoms with Crippen LogP contribution in [0.2, 0.25) is 5.02 Å². The Morgan fingerprint density at radius 3 is 2.61 bits per heavy atom. The lowest BCUT2D eigenvalue weighted by atomic mass is 10.2. The van der Waals surface area contributed by atoms with E-state index >= 15 is 0 Å². The lowest BCUT2D eigenvalue weighted by Gasteiger charge is -2.18. The second kappa shape index (κ2) is 6.70. The molecule has 0 N–H and O–H groups in total. The van der Waals surface area contributed by atoms with Gasteiger partial charge in [-0.15, -0.1) is 11.6 Å². The second-order valence-corrected chi connectivity index (χ2v) is 6.80. The molecule has 0 amide bonds. The van der Waals surface area contributed by atoms with E-state index in [0.717, 1.165) is 4.31 Å². The van der Waals surface area contributed by atoms with Crippen LogP contribution in [0, 0.1) is 5.82 Å². The van der Waals surface area contributed by atoms with Crippen LogP contribution in [0.5, 0.6) is 0 Å². The minimum Gasteiger partial charge on any atom is -0.212 e. The normalized spacial score (nSPS) is 12.1. The van der Waals surface area contributed by atoms with E-state index in [9.17, 15) is 12.8 Å². The summed E-state index contributed by atoms with van der Waals surface area (Å²) in [5, 5.41) is 0.217. The summed E-state index contributed by atoms with van der Waals surface area (Å²) in [5.74, 6) is -0.297. The van der Waals surface area contributed by atoms with Gasteiger partial charge in [0.1, 0.15) is 5.82 Å². The van der Waals surface area contributed by atoms with Crippen molar-refractivity contribution < 1.29 is 12.8 Å². The van der Waals surface area contributed by atoms with Gasteiger partial charge in [0.25, 0.3) is 0 Å². The molecule has 0 saturated carbocycles. The molecule has 0 aromatic heterocycles. The van der Waals surface area contributed by atoms with E-state index in [1.54, 1.807) is 0 Å². The fraction of sp³-hybridized carbons (Fsp3) is 0.455. The van der Waals surface area contributed by atoms with Crippen molar-refractivity contribution in [3.63, 3.8) is 0 Å². The summed E-state index contributed by atoms with van der Waals surface area (Å²) < 4.78 is 38.2. The number of alkyl halides is 1. The summed E-state index contributed by atoms with van der Waals surface area (Å²) in [7, 11) is -2.04. The number of sulfonamides is 1. The number of halogens is 3. The second-order valence-electron chi connectivity index (χ2n) is 3.81. The minimum atomic E-state index is -3.43. The van der Waals surface area contributed by atoms with Gasteiger partial charge in [0.15, 0.2) is 0 Å². The van der Waals surface area contributed by atoms with Crippen molar-refractivity contribution in [2.45, 2.75) is 13.0 Å². The highest BCUT2D eigenvalue weighted by atomic mass is 35.5. The number of hydrogen-bond acceptors (Lipinski definition) is 2. The molecule has 3 nitrogen and oxygen atoms in total. The zero-order valence-corrected chi connectivity index (χ0v) is 12.2. The summed E-state index contributed by atoms with van der Waals surface area (Å²) in [6.45, 7) is -0.0872. The molecule has 0 radical (unpaired) electrons. The van der Waals surface area contributed by atoms with Crippen molar-refractivity contribution in [2.75, 3.05) is 18.7 Å². The molecule has 0 atom stereocenters. The molecule has 0 aliphatic carbocycles. The Balaban J connectivity index is 2.84. The van der Waals surface area contributed by atoms with Gasteiger partial charge in [-0.2, -0.15) is 0 Å². The van der Waals surface area contributed by atoms with Crippen LogP contribution in [0.1, 0.15) is 12.0 Å². The predicted octanol–water partition coefficient (Wildman–Crippen LogP) is 2.87. The maximum atomic E-state index is 13.5. The number of rotatable bonds is 6. The summed E-state index contributed by atoms with van der Waals surface area (Å²) in [4.78, 5) is 0. The Morgan fingerprint density at radius 2 is 2.06 bits per heavy atom. The van der Waals surface area contributed by atoms with Crippen LogP contribution in [0.4, 0.5) is 4.39 Å². The SMILES string of the molecule is CN(Cc1c(F)cccc1Cl)S(=O)(=O)CCCCl. The maximum Gasteiger partial charge on any atom is 0.214 e. The summed E-state index contributed by atoms with van der Waals surface area (Å²) in [5.41, 5.74) is 0.177. The van der Waals surface area contributed by atoms with Gasteiger partial charge in [-0.3, -0.25) is 0 Å². The van der Waals surface area contributed by atoms with E-state index in [4.69, 9.17) is 23.2 Å². The molecule has 1 rings (SSSR count). The van der Waals surface area contributed by atoms with Gasteiger partial charge >= 0.3 is 0 Å². The Hall–Kier alpha value is -0.360. The van der Waals surface area contributed by atoms with Crippen molar-refractivity contribution in [3.8, 4) is 0 Å². The van der Waals surface area contributed by atoms with Crippen LogP contribution in [-0.2, 0) is 16.6 Å². The van der Waals surface area contributed by atoms with Gasteiger partial charge in [0.2, 0.25) is 10.0 Å². The minimum absolute atomic E-state index is 0.0565. The van der Waals surface area contributed by atoms with Gasteiger partial charge in [0, 0.05) is 30.1 Å². The zero-order chi connectivity index (χ0) is 13.8. The largest absolute Gasteiger partial charge is 0.214 e. The van der Waals surface area contributed by atoms with Crippen molar-refractivity contribution in [1.29, 1.82) is 0 Å². The van der Waals surface area contributed by atoms with Crippen molar-refractivity contribution in [3.05, 3.63) is 34.6 Å². The smallest absolute Gasteiger partial charge is 0.212 e. The van der Waals surface area contributed by atoms with E-state index in [2.05, 4.69) is 0 Å². The molecule has 7 heteroatoms. The van der Waals surface area contributed by atoms with Crippen LogP contribution in [0.3, 0.4) is 0 Å². The summed E-state index contributed by atoms with van der Waals surface area (Å²) in [6, 6.07) is 4.25. The molecule has 102 valence electrons. The molecule has 0 saturated heterocycles. The van der Waals surface area contributed by atoms with Crippen LogP contribution in [-0.4, -0.2) is 31.4 Å². The first kappa shape index (κ1) is 15.7. The Kier molecular flexibility index (Phi) is 5.85. The molecule has 0 fully saturated rings. The number of nitrogens with zero attached hydrogens (tertiary/aromatic N) is 1. The Bertz CT molecular complexity index is 488. The molecule has 1 aromatic carbocycles. The van der Waals surface area contributed by atoms with Crippen LogP contribution in [0.15, 0.2) is 18.2 Å². The molecule has 0 aliphatic rings. The van der Waals surface area contributed by atoms with Crippen molar-refractivity contribution in [1.82, 2.24) is 4.31 Å². The van der Waals surface area contributed by atoms with E-state index < -0.39 is 15.8 Å². The first-order chi connectivity index (χ1) is 8.38. The molecule has 0 spiro atoms. The fourth-order valence-electron chi connectivity index (χ4n) is 1.40. The molecular formula is C11H14Cl2FNO2S. The van der Waals surface area contributed by atoms with Crippen LogP contribution >= 0.6 is 23.2 Å². The zero-order valence-electron chi connectivity index (χ0n) is 9.87. The van der Waals surface area contributed by atoms with Gasteiger partial charge in [-0.1, -0.05) is 17.7 Å². The monoisotopic (exact) mass is 313 g/mol. The van der Waals surface area contributed by atoms with E-state index in [1.165, 1.54) is 25.2 Å². The molecule has 18 heavy (non-hydrogen) atoms. The average Bonchev–Trinajstić information content (AvgIpc) is 2.31. The highest BCUT2D eigenvalue weighted by Gasteiger charge is 2.20. The molecule has 0 aliphatic heterocycles. The summed E-state index contributed by atoms with van der Waals surface area (Å²) >= 11 is 11.3. The lowest BCUT2D eigenvalue weighted by Crippen LogP contribution is -2.29. The van der Waals surface area contributed by atoms with Gasteiger partial charge in [-0.25, -0.2) is 17.1 Å². The first-order valence-electron chi connectivity index (χ1n) is 5.31. The third-order valence-corrected chi connectivity index (χ3v) is 4.96. The third-order valence-electron chi connectivity index (χ3n) is 2.45. The quantitative estimate of drug-likeness (QED) is 0.757. The van der Waals surface area contributed by atoms with Crippen LogP contribution < -0.4 is 0 Å². The van der Waals surface area contributed by atoms with Gasteiger partial charge < -0.3 is 0 Å². The predicted molar refractivity (Wildman–Crippen MR) is 72.0 cm³/mol. The lowest BCUT2D eigenvalue weighted by molar-refractivity contribution is 0.456. The van der Waals surface area contributed by atoms with Gasteiger partial charge in [0.05, 0.1) is 5.75 Å². The molecule has 0 bridgehead atoms.